The maximum absolute atomic E-state index is 11.9. The van der Waals surface area contributed by atoms with E-state index in [1.807, 2.05) is 0 Å². The molecular formula is C12H18ClN3O4S. The first kappa shape index (κ1) is 17.9. The lowest BCUT2D eigenvalue weighted by Crippen LogP contribution is -2.35. The minimum atomic E-state index is -3.87. The molecular weight excluding hydrogens is 318 g/mol. The van der Waals surface area contributed by atoms with E-state index in [0.29, 0.717) is 19.4 Å². The third-order valence-electron chi connectivity index (χ3n) is 2.72. The van der Waals surface area contributed by atoms with Gasteiger partial charge in [-0.1, -0.05) is 11.6 Å². The molecule has 1 aromatic rings. The molecule has 1 atom stereocenters. The van der Waals surface area contributed by atoms with Gasteiger partial charge in [0.25, 0.3) is 0 Å². The molecule has 118 valence electrons. The number of methoxy groups -OCH3 is 1. The lowest BCUT2D eigenvalue weighted by molar-refractivity contribution is -0.117. The van der Waals surface area contributed by atoms with E-state index in [-0.39, 0.29) is 15.6 Å². The van der Waals surface area contributed by atoms with Crippen molar-refractivity contribution in [1.29, 1.82) is 0 Å². The van der Waals surface area contributed by atoms with Crippen molar-refractivity contribution < 1.29 is 17.9 Å². The number of carbonyl (C=O) groups is 1. The highest BCUT2D eigenvalue weighted by molar-refractivity contribution is 7.89. The number of hydrogen-bond acceptors (Lipinski definition) is 5. The second-order valence-corrected chi connectivity index (χ2v) is 6.39. The van der Waals surface area contributed by atoms with Crippen LogP contribution in [0.2, 0.25) is 5.02 Å². The summed E-state index contributed by atoms with van der Waals surface area (Å²) in [4.78, 5) is 11.8. The number of rotatable bonds is 7. The number of ether oxygens (including phenoxy) is 1. The monoisotopic (exact) mass is 335 g/mol. The molecule has 0 aliphatic rings. The average molecular weight is 336 g/mol. The Bertz CT molecular complexity index is 607. The van der Waals surface area contributed by atoms with Gasteiger partial charge in [-0.2, -0.15) is 0 Å². The third-order valence-corrected chi connectivity index (χ3v) is 3.97. The molecule has 5 N–H and O–H groups in total. The van der Waals surface area contributed by atoms with Crippen LogP contribution in [0.3, 0.4) is 0 Å². The van der Waals surface area contributed by atoms with Crippen LogP contribution in [0.5, 0.6) is 0 Å². The van der Waals surface area contributed by atoms with Crippen LogP contribution in [0, 0.1) is 0 Å². The normalized spacial score (nSPS) is 13.0. The number of sulfonamides is 1. The molecule has 0 saturated carbocycles. The Labute approximate surface area is 128 Å². The fraction of sp³-hybridized carbons (Fsp3) is 0.417. The van der Waals surface area contributed by atoms with Crippen LogP contribution in [0.1, 0.15) is 12.8 Å². The molecule has 0 saturated heterocycles. The van der Waals surface area contributed by atoms with E-state index in [4.69, 9.17) is 27.2 Å². The van der Waals surface area contributed by atoms with E-state index >= 15 is 0 Å². The predicted octanol–water partition coefficient (Wildman–Crippen LogP) is 0.680. The highest BCUT2D eigenvalue weighted by atomic mass is 35.5. The number of amides is 1. The van der Waals surface area contributed by atoms with Crippen LogP contribution in [-0.2, 0) is 19.6 Å². The molecule has 0 radical (unpaired) electrons. The van der Waals surface area contributed by atoms with Gasteiger partial charge in [0, 0.05) is 13.7 Å². The van der Waals surface area contributed by atoms with Gasteiger partial charge < -0.3 is 15.8 Å². The highest BCUT2D eigenvalue weighted by Gasteiger charge is 2.16. The van der Waals surface area contributed by atoms with Crippen LogP contribution in [-0.4, -0.2) is 34.1 Å². The number of hydrogen-bond donors (Lipinski definition) is 3. The minimum absolute atomic E-state index is 0.143. The molecule has 0 heterocycles. The maximum Gasteiger partial charge on any atom is 0.241 e. The zero-order valence-corrected chi connectivity index (χ0v) is 13.1. The second kappa shape index (κ2) is 7.71. The number of primary sulfonamides is 1. The van der Waals surface area contributed by atoms with Crippen molar-refractivity contribution in [3.05, 3.63) is 23.2 Å². The summed E-state index contributed by atoms with van der Waals surface area (Å²) in [6.07, 6.45) is 1.07. The minimum Gasteiger partial charge on any atom is -0.385 e. The van der Waals surface area contributed by atoms with Gasteiger partial charge in [-0.15, -0.1) is 0 Å². The summed E-state index contributed by atoms with van der Waals surface area (Å²) in [6.45, 7) is 0.503. The molecule has 9 heteroatoms. The van der Waals surface area contributed by atoms with E-state index < -0.39 is 22.0 Å². The van der Waals surface area contributed by atoms with Crippen molar-refractivity contribution >= 4 is 33.2 Å². The van der Waals surface area contributed by atoms with Crippen molar-refractivity contribution in [2.24, 2.45) is 10.9 Å². The second-order valence-electron chi connectivity index (χ2n) is 4.42. The number of halogens is 1. The predicted molar refractivity (Wildman–Crippen MR) is 80.5 cm³/mol. The number of benzene rings is 1. The number of anilines is 1. The first-order valence-corrected chi connectivity index (χ1v) is 8.06. The average Bonchev–Trinajstić information content (AvgIpc) is 2.40. The molecule has 0 fully saturated rings. The smallest absolute Gasteiger partial charge is 0.241 e. The van der Waals surface area contributed by atoms with Crippen LogP contribution in [0.15, 0.2) is 23.1 Å². The topological polar surface area (TPSA) is 125 Å². The number of nitrogens with one attached hydrogen (secondary N) is 1. The Hall–Kier alpha value is -1.19. The zero-order valence-electron chi connectivity index (χ0n) is 11.5. The molecule has 0 aromatic heterocycles. The summed E-state index contributed by atoms with van der Waals surface area (Å²) < 4.78 is 27.4. The summed E-state index contributed by atoms with van der Waals surface area (Å²) >= 11 is 5.91. The Morgan fingerprint density at radius 1 is 1.48 bits per heavy atom. The Balaban J connectivity index is 2.80. The van der Waals surface area contributed by atoms with Crippen LogP contribution >= 0.6 is 11.6 Å². The van der Waals surface area contributed by atoms with Crippen molar-refractivity contribution in [1.82, 2.24) is 0 Å². The summed E-state index contributed by atoms with van der Waals surface area (Å²) in [7, 11) is -2.31. The molecule has 0 bridgehead atoms. The molecule has 1 aromatic carbocycles. The van der Waals surface area contributed by atoms with Gasteiger partial charge in [0.15, 0.2) is 0 Å². The standard InChI is InChI=1S/C12H18ClN3O4S/c1-20-6-2-3-10(14)12(17)16-11-7-8(21(15,18)19)4-5-9(11)13/h4-5,7,10H,2-3,6,14H2,1H3,(H,16,17)(H2,15,18,19). The first-order valence-electron chi connectivity index (χ1n) is 6.13. The molecule has 0 aliphatic carbocycles. The summed E-state index contributed by atoms with van der Waals surface area (Å²) in [5.41, 5.74) is 5.87. The van der Waals surface area contributed by atoms with Crippen LogP contribution in [0.4, 0.5) is 5.69 Å². The molecule has 1 amide bonds. The third kappa shape index (κ3) is 5.60. The van der Waals surface area contributed by atoms with Gasteiger partial charge >= 0.3 is 0 Å². The first-order chi connectivity index (χ1) is 9.75. The summed E-state index contributed by atoms with van der Waals surface area (Å²) in [5.74, 6) is -0.459. The molecule has 0 aliphatic heterocycles. The molecule has 0 spiro atoms. The Kier molecular flexibility index (Phi) is 6.56. The quantitative estimate of drug-likeness (QED) is 0.632. The van der Waals surface area contributed by atoms with Crippen LogP contribution < -0.4 is 16.2 Å². The van der Waals surface area contributed by atoms with E-state index in [1.54, 1.807) is 7.11 Å². The summed E-state index contributed by atoms with van der Waals surface area (Å²) in [6, 6.07) is 3.05. The lowest BCUT2D eigenvalue weighted by atomic mass is 10.1. The van der Waals surface area contributed by atoms with Gasteiger partial charge in [-0.3, -0.25) is 4.79 Å². The van der Waals surface area contributed by atoms with Gasteiger partial charge in [-0.25, -0.2) is 13.6 Å². The van der Waals surface area contributed by atoms with Gasteiger partial charge in [0.2, 0.25) is 15.9 Å². The van der Waals surface area contributed by atoms with Gasteiger partial charge in [0.05, 0.1) is 21.6 Å². The van der Waals surface area contributed by atoms with E-state index in [2.05, 4.69) is 5.32 Å². The fourth-order valence-electron chi connectivity index (χ4n) is 1.58. The number of nitrogens with two attached hydrogens (primary N) is 2. The lowest BCUT2D eigenvalue weighted by Gasteiger charge is -2.13. The zero-order chi connectivity index (χ0) is 16.0. The van der Waals surface area contributed by atoms with Crippen molar-refractivity contribution in [2.75, 3.05) is 19.0 Å². The van der Waals surface area contributed by atoms with Crippen molar-refractivity contribution in [3.8, 4) is 0 Å². The summed E-state index contributed by atoms with van der Waals surface area (Å²) in [5, 5.41) is 7.71. The molecule has 7 nitrogen and oxygen atoms in total. The van der Waals surface area contributed by atoms with E-state index in [1.165, 1.54) is 18.2 Å². The van der Waals surface area contributed by atoms with Gasteiger partial charge in [-0.05, 0) is 31.0 Å². The highest BCUT2D eigenvalue weighted by Crippen LogP contribution is 2.25. The van der Waals surface area contributed by atoms with Crippen molar-refractivity contribution in [2.45, 2.75) is 23.8 Å². The molecule has 21 heavy (non-hydrogen) atoms. The van der Waals surface area contributed by atoms with E-state index in [0.717, 1.165) is 0 Å². The van der Waals surface area contributed by atoms with E-state index in [9.17, 15) is 13.2 Å². The maximum atomic E-state index is 11.9. The van der Waals surface area contributed by atoms with Gasteiger partial charge in [0.1, 0.15) is 0 Å². The Morgan fingerprint density at radius 2 is 2.14 bits per heavy atom. The molecule has 1 unspecified atom stereocenters. The largest absolute Gasteiger partial charge is 0.385 e. The fourth-order valence-corrected chi connectivity index (χ4v) is 2.29. The number of carbonyl (C=O) groups excluding carboxylic acids is 1. The SMILES string of the molecule is COCCCC(N)C(=O)Nc1cc(S(N)(=O)=O)ccc1Cl. The van der Waals surface area contributed by atoms with Crippen molar-refractivity contribution in [3.63, 3.8) is 0 Å². The Morgan fingerprint density at radius 3 is 2.71 bits per heavy atom. The van der Waals surface area contributed by atoms with Crippen LogP contribution in [0.25, 0.3) is 0 Å². The molecule has 1 rings (SSSR count).